The zero-order valence-electron chi connectivity index (χ0n) is 51.2. The van der Waals surface area contributed by atoms with E-state index in [1.165, 1.54) is 0 Å². The summed E-state index contributed by atoms with van der Waals surface area (Å²) in [7, 11) is 0. The zero-order valence-corrected chi connectivity index (χ0v) is 53.5. The van der Waals surface area contributed by atoms with Crippen molar-refractivity contribution in [2.75, 3.05) is 14.7 Å². The summed E-state index contributed by atoms with van der Waals surface area (Å²) < 4.78 is 89.9. The van der Waals surface area contributed by atoms with Gasteiger partial charge in [-0.15, -0.1) is 42.4 Å². The third-order valence-corrected chi connectivity index (χ3v) is 16.3. The summed E-state index contributed by atoms with van der Waals surface area (Å²) in [6, 6.07) is 64.8. The Labute approximate surface area is 527 Å². The summed E-state index contributed by atoms with van der Waals surface area (Å²) in [6.07, 6.45) is 1.84. The van der Waals surface area contributed by atoms with Crippen molar-refractivity contribution in [2.45, 2.75) is 105 Å². The Kier molecular flexibility index (Phi) is 15.9. The van der Waals surface area contributed by atoms with Gasteiger partial charge in [0.05, 0.1) is 5.56 Å². The van der Waals surface area contributed by atoms with Gasteiger partial charge in [-0.05, 0) is 122 Å². The Balaban J connectivity index is 0.00000800. The van der Waals surface area contributed by atoms with E-state index in [0.29, 0.717) is 50.9 Å². The molecule has 1 aliphatic rings. The summed E-state index contributed by atoms with van der Waals surface area (Å²) in [4.78, 5) is 10.7. The summed E-state index contributed by atoms with van der Waals surface area (Å²) >= 11 is 0. The van der Waals surface area contributed by atoms with Crippen LogP contribution < -0.4 is 19.4 Å². The van der Waals surface area contributed by atoms with E-state index in [1.807, 2.05) is 165 Å². The Morgan fingerprint density at radius 2 is 0.977 bits per heavy atom. The molecule has 0 fully saturated rings. The summed E-state index contributed by atoms with van der Waals surface area (Å²) in [5.74, 6) is -8.75. The van der Waals surface area contributed by atoms with Gasteiger partial charge in [0.25, 0.3) is 0 Å². The summed E-state index contributed by atoms with van der Waals surface area (Å²) in [5.41, 5.74) is 8.10. The minimum Gasteiger partial charge on any atom is -0.509 e. The molecule has 0 amide bonds. The number of benzene rings is 9. The van der Waals surface area contributed by atoms with E-state index in [2.05, 4.69) is 120 Å². The van der Waals surface area contributed by atoms with E-state index in [-0.39, 0.29) is 48.6 Å². The van der Waals surface area contributed by atoms with Crippen LogP contribution >= 0.6 is 0 Å². The first-order chi connectivity index (χ1) is 41.2. The summed E-state index contributed by atoms with van der Waals surface area (Å²) in [5, 5.41) is 1.99. The van der Waals surface area contributed by atoms with Crippen LogP contribution in [0.5, 0.6) is 11.5 Å². The molecule has 0 saturated carbocycles. The molecule has 0 saturated heterocycles. The van der Waals surface area contributed by atoms with Gasteiger partial charge >= 0.3 is 0 Å². The Morgan fingerprint density at radius 1 is 0.455 bits per heavy atom. The van der Waals surface area contributed by atoms with E-state index >= 15 is 22.0 Å². The quantitative estimate of drug-likeness (QED) is 0.0590. The molecule has 9 aromatic carbocycles. The van der Waals surface area contributed by atoms with Crippen LogP contribution in [0.3, 0.4) is 0 Å². The number of nitrogens with zero attached hydrogens (tertiary/aromatic N) is 5. The number of pyridine rings is 1. The first-order valence-electron chi connectivity index (χ1n) is 29.2. The average Bonchev–Trinajstić information content (AvgIpc) is 1.44. The SMILES string of the molecule is CC(C)(C)c1cc(-c2cc(C(C)(C)C)cc(-c3c(F)c(F)c(F)c(F)c3F)c2N2[CH-]N(c3[c-]c(Oc4[c-]c5c(cc4)c4ccccc4n5-c4cc(C(C)(C)C)ccn4)cc(N(c4ccccc4)c4ccccc4)c3)c3ccccc32)cc(C(C)(C)C)c1.[Pt]. The number of aromatic nitrogens is 2. The molecule has 450 valence electrons. The first-order valence-corrected chi connectivity index (χ1v) is 29.2. The van der Waals surface area contributed by atoms with Crippen LogP contribution in [0.1, 0.15) is 105 Å². The fourth-order valence-corrected chi connectivity index (χ4v) is 11.4. The van der Waals surface area contributed by atoms with Crippen molar-refractivity contribution in [2.24, 2.45) is 0 Å². The molecule has 0 atom stereocenters. The molecule has 12 rings (SSSR count). The van der Waals surface area contributed by atoms with Crippen LogP contribution in [-0.4, -0.2) is 9.55 Å². The fraction of sp³-hybridized carbons (Fsp3) is 0.211. The molecule has 0 spiro atoms. The number of para-hydroxylation sites is 5. The molecular weight excluding hydrogens is 1290 g/mol. The maximum atomic E-state index is 16.9. The van der Waals surface area contributed by atoms with Crippen molar-refractivity contribution in [3.8, 4) is 39.6 Å². The monoisotopic (exact) mass is 1360 g/mol. The molecule has 12 heteroatoms. The van der Waals surface area contributed by atoms with Gasteiger partial charge in [-0.3, -0.25) is 0 Å². The minimum atomic E-state index is -2.24. The second-order valence-corrected chi connectivity index (χ2v) is 26.5. The van der Waals surface area contributed by atoms with E-state index in [1.54, 1.807) is 17.6 Å². The van der Waals surface area contributed by atoms with E-state index in [4.69, 9.17) is 9.72 Å². The number of anilines is 7. The van der Waals surface area contributed by atoms with Crippen LogP contribution in [0.2, 0.25) is 0 Å². The molecule has 11 aromatic rings. The molecule has 88 heavy (non-hydrogen) atoms. The molecule has 0 unspecified atom stereocenters. The molecule has 2 aromatic heterocycles. The zero-order chi connectivity index (χ0) is 61.6. The van der Waals surface area contributed by atoms with Crippen molar-refractivity contribution in [1.82, 2.24) is 9.55 Å². The van der Waals surface area contributed by atoms with Gasteiger partial charge in [-0.2, -0.15) is 6.07 Å². The average molecular weight is 1360 g/mol. The number of ether oxygens (including phenoxy) is 1. The van der Waals surface area contributed by atoms with E-state index in [0.717, 1.165) is 55.7 Å². The third-order valence-electron chi connectivity index (χ3n) is 16.3. The van der Waals surface area contributed by atoms with Gasteiger partial charge in [0.2, 0.25) is 5.82 Å². The largest absolute Gasteiger partial charge is 0.509 e. The normalized spacial score (nSPS) is 12.9. The molecule has 6 nitrogen and oxygen atoms in total. The fourth-order valence-electron chi connectivity index (χ4n) is 11.4. The number of fused-ring (bicyclic) bond motifs is 4. The first kappa shape index (κ1) is 61.1. The van der Waals surface area contributed by atoms with Gasteiger partial charge in [-0.1, -0.05) is 185 Å². The number of rotatable bonds is 10. The van der Waals surface area contributed by atoms with Gasteiger partial charge in [0, 0.05) is 83.8 Å². The molecule has 0 radical (unpaired) electrons. The third kappa shape index (κ3) is 11.3. The van der Waals surface area contributed by atoms with Crippen molar-refractivity contribution >= 4 is 61.6 Å². The maximum absolute atomic E-state index is 16.9. The van der Waals surface area contributed by atoms with Crippen molar-refractivity contribution < 1.29 is 47.8 Å². The second kappa shape index (κ2) is 22.9. The van der Waals surface area contributed by atoms with Crippen molar-refractivity contribution in [1.29, 1.82) is 0 Å². The summed E-state index contributed by atoms with van der Waals surface area (Å²) in [6.45, 7) is 26.9. The van der Waals surface area contributed by atoms with Crippen molar-refractivity contribution in [3.63, 3.8) is 0 Å². The van der Waals surface area contributed by atoms with Crippen LogP contribution in [-0.2, 0) is 42.7 Å². The smallest absolute Gasteiger partial charge is 0.200 e. The molecular formula is C76H67F5N5OPt-3. The predicted octanol–water partition coefficient (Wildman–Crippen LogP) is 21.7. The number of hydrogen-bond acceptors (Lipinski definition) is 5. The van der Waals surface area contributed by atoms with Crippen LogP contribution in [0.4, 0.5) is 61.8 Å². The van der Waals surface area contributed by atoms with Gasteiger partial charge in [0.15, 0.2) is 23.3 Å². The molecule has 1 aliphatic heterocycles. The molecule has 0 aliphatic carbocycles. The van der Waals surface area contributed by atoms with Gasteiger partial charge < -0.3 is 24.0 Å². The van der Waals surface area contributed by atoms with Crippen LogP contribution in [0, 0.1) is 47.9 Å². The van der Waals surface area contributed by atoms with Gasteiger partial charge in [-0.25, -0.2) is 26.9 Å². The van der Waals surface area contributed by atoms with Crippen molar-refractivity contribution in [3.05, 3.63) is 252 Å². The van der Waals surface area contributed by atoms with Gasteiger partial charge in [0.1, 0.15) is 5.82 Å². The van der Waals surface area contributed by atoms with Crippen LogP contribution in [0.15, 0.2) is 182 Å². The Hall–Kier alpha value is -8.53. The number of hydrogen-bond donors (Lipinski definition) is 0. The predicted molar refractivity (Wildman–Crippen MR) is 344 cm³/mol. The molecule has 0 bridgehead atoms. The van der Waals surface area contributed by atoms with E-state index in [9.17, 15) is 0 Å². The second-order valence-electron chi connectivity index (χ2n) is 26.5. The van der Waals surface area contributed by atoms with E-state index < -0.39 is 40.1 Å². The molecule has 3 heterocycles. The minimum absolute atomic E-state index is 0. The maximum Gasteiger partial charge on any atom is 0.200 e. The Bertz CT molecular complexity index is 4380. The molecule has 0 N–H and O–H groups in total. The number of halogens is 5. The Morgan fingerprint density at radius 3 is 1.57 bits per heavy atom. The standard InChI is InChI=1S/C76H67F5N5O.Pt/c1-73(2,3)47-33-34-82-65(40-47)86-61-28-20-19-27-57(61)58-32-31-55(44-64(58)86)87-56-42-53(41-54(43-56)85(51-23-15-13-16-24-51)52-25-17-14-18-26-52)83-45-84(63-30-22-21-29-62(63)83)72-59(46-35-48(74(4,5)6)37-49(36-46)75(7,8)9)38-50(76(10,11)12)39-60(72)66-67(77)69(79)71(81)70(80)68(66)78;/h13-41,43,45H,1-12H3;/q-3;. The topological polar surface area (TPSA) is 36.8 Å². The van der Waals surface area contributed by atoms with Crippen LogP contribution in [0.25, 0.3) is 49.9 Å².